The lowest BCUT2D eigenvalue weighted by Gasteiger charge is -2.09. The fraction of sp³-hybridized carbons (Fsp3) is 0.231. The van der Waals surface area contributed by atoms with Crippen LogP contribution in [0.3, 0.4) is 0 Å². The lowest BCUT2D eigenvalue weighted by Crippen LogP contribution is -2.20. The molecule has 2 rings (SSSR count). The van der Waals surface area contributed by atoms with E-state index in [4.69, 9.17) is 4.42 Å². The minimum Gasteiger partial charge on any atom is -0.467 e. The number of benzene rings is 1. The van der Waals surface area contributed by atoms with Gasteiger partial charge in [0.15, 0.2) is 0 Å². The smallest absolute Gasteiger partial charge is 0.283 e. The normalized spacial score (nSPS) is 12.3. The van der Waals surface area contributed by atoms with Crippen LogP contribution in [-0.4, -0.2) is 16.6 Å². The molecule has 2 N–H and O–H groups in total. The predicted molar refractivity (Wildman–Crippen MR) is 76.2 cm³/mol. The summed E-state index contributed by atoms with van der Waals surface area (Å²) in [6.45, 7) is 0.725. The van der Waals surface area contributed by atoms with Crippen LogP contribution >= 0.6 is 15.9 Å². The van der Waals surface area contributed by atoms with Crippen LogP contribution in [0.15, 0.2) is 45.5 Å². The van der Waals surface area contributed by atoms with Crippen LogP contribution in [0.4, 0.5) is 5.69 Å². The van der Waals surface area contributed by atoms with Crippen LogP contribution in [0.25, 0.3) is 0 Å². The summed E-state index contributed by atoms with van der Waals surface area (Å²) < 4.78 is 5.53. The molecule has 1 heterocycles. The van der Waals surface area contributed by atoms with Crippen molar-refractivity contribution in [1.29, 1.82) is 0 Å². The van der Waals surface area contributed by atoms with Gasteiger partial charge in [-0.05, 0) is 39.7 Å². The molecule has 106 valence electrons. The van der Waals surface area contributed by atoms with Gasteiger partial charge in [-0.15, -0.1) is 0 Å². The number of nitro benzene ring substituents is 1. The third-order valence-electron chi connectivity index (χ3n) is 2.75. The highest BCUT2D eigenvalue weighted by atomic mass is 79.9. The van der Waals surface area contributed by atoms with Crippen LogP contribution in [0, 0.1) is 10.1 Å². The Balaban J connectivity index is 1.91. The zero-order valence-electron chi connectivity index (χ0n) is 10.5. The molecule has 0 radical (unpaired) electrons. The number of aliphatic hydroxyl groups is 1. The minimum absolute atomic E-state index is 0.0240. The van der Waals surface area contributed by atoms with E-state index in [9.17, 15) is 15.2 Å². The highest BCUT2D eigenvalue weighted by molar-refractivity contribution is 9.10. The maximum atomic E-state index is 10.8. The summed E-state index contributed by atoms with van der Waals surface area (Å²) in [6, 6.07) is 8.31. The molecule has 0 saturated carbocycles. The van der Waals surface area contributed by atoms with Gasteiger partial charge in [0, 0.05) is 19.2 Å². The van der Waals surface area contributed by atoms with Gasteiger partial charge in [0.25, 0.3) is 5.69 Å². The largest absolute Gasteiger partial charge is 0.467 e. The van der Waals surface area contributed by atoms with E-state index in [0.29, 0.717) is 23.3 Å². The van der Waals surface area contributed by atoms with E-state index in [1.54, 1.807) is 24.3 Å². The predicted octanol–water partition coefficient (Wildman–Crippen LogP) is 2.77. The van der Waals surface area contributed by atoms with Gasteiger partial charge < -0.3 is 14.8 Å². The van der Waals surface area contributed by atoms with Crippen molar-refractivity contribution in [3.05, 3.63) is 62.5 Å². The summed E-state index contributed by atoms with van der Waals surface area (Å²) in [5, 5.41) is 23.6. The minimum atomic E-state index is -0.740. The van der Waals surface area contributed by atoms with Crippen molar-refractivity contribution in [2.45, 2.75) is 12.6 Å². The topological polar surface area (TPSA) is 88.5 Å². The number of hydrogen-bond acceptors (Lipinski definition) is 5. The first-order valence-corrected chi connectivity index (χ1v) is 6.72. The standard InChI is InChI=1S/C13H13BrN2O4/c14-10-4-3-9(6-11(10)16(18)19)7-15-8-12(17)13-2-1-5-20-13/h1-6,12,15,17H,7-8H2. The summed E-state index contributed by atoms with van der Waals surface area (Å²) >= 11 is 3.13. The van der Waals surface area contributed by atoms with Crippen molar-refractivity contribution in [1.82, 2.24) is 5.32 Å². The summed E-state index contributed by atoms with van der Waals surface area (Å²) in [4.78, 5) is 10.4. The molecule has 0 fully saturated rings. The summed E-state index contributed by atoms with van der Waals surface area (Å²) in [5.74, 6) is 0.485. The van der Waals surface area contributed by atoms with Gasteiger partial charge in [-0.25, -0.2) is 0 Å². The first-order chi connectivity index (χ1) is 9.58. The number of hydrogen-bond donors (Lipinski definition) is 2. The van der Waals surface area contributed by atoms with Crippen LogP contribution < -0.4 is 5.32 Å². The van der Waals surface area contributed by atoms with E-state index in [1.165, 1.54) is 12.3 Å². The van der Waals surface area contributed by atoms with Gasteiger partial charge in [0.1, 0.15) is 11.9 Å². The average molecular weight is 341 g/mol. The average Bonchev–Trinajstić information content (AvgIpc) is 2.94. The van der Waals surface area contributed by atoms with E-state index in [2.05, 4.69) is 21.2 Å². The Labute approximate surface area is 123 Å². The SMILES string of the molecule is O=[N+]([O-])c1cc(CNCC(O)c2ccco2)ccc1Br. The Morgan fingerprint density at radius 1 is 1.45 bits per heavy atom. The van der Waals surface area contributed by atoms with Crippen molar-refractivity contribution in [3.63, 3.8) is 0 Å². The molecular weight excluding hydrogens is 328 g/mol. The van der Waals surface area contributed by atoms with Crippen molar-refractivity contribution in [2.75, 3.05) is 6.54 Å². The van der Waals surface area contributed by atoms with E-state index in [0.717, 1.165) is 5.56 Å². The molecule has 0 spiro atoms. The lowest BCUT2D eigenvalue weighted by atomic mass is 10.2. The summed E-state index contributed by atoms with van der Waals surface area (Å²) in [5.41, 5.74) is 0.794. The van der Waals surface area contributed by atoms with Gasteiger partial charge in [-0.1, -0.05) is 6.07 Å². The zero-order valence-corrected chi connectivity index (χ0v) is 12.0. The van der Waals surface area contributed by atoms with E-state index in [-0.39, 0.29) is 5.69 Å². The number of aliphatic hydroxyl groups excluding tert-OH is 1. The van der Waals surface area contributed by atoms with Gasteiger partial charge >= 0.3 is 0 Å². The lowest BCUT2D eigenvalue weighted by molar-refractivity contribution is -0.385. The molecular formula is C13H13BrN2O4. The second-order valence-electron chi connectivity index (χ2n) is 4.20. The molecule has 0 aliphatic heterocycles. The number of nitro groups is 1. The fourth-order valence-corrected chi connectivity index (χ4v) is 2.13. The fourth-order valence-electron chi connectivity index (χ4n) is 1.74. The Bertz CT molecular complexity index is 586. The molecule has 0 saturated heterocycles. The van der Waals surface area contributed by atoms with Crippen molar-refractivity contribution >= 4 is 21.6 Å². The highest BCUT2D eigenvalue weighted by Gasteiger charge is 2.13. The second-order valence-corrected chi connectivity index (χ2v) is 5.06. The highest BCUT2D eigenvalue weighted by Crippen LogP contribution is 2.25. The molecule has 0 bridgehead atoms. The van der Waals surface area contributed by atoms with Crippen LogP contribution in [0.1, 0.15) is 17.4 Å². The molecule has 0 aliphatic carbocycles. The van der Waals surface area contributed by atoms with Crippen LogP contribution in [0.5, 0.6) is 0 Å². The quantitative estimate of drug-likeness (QED) is 0.623. The number of nitrogens with zero attached hydrogens (tertiary/aromatic N) is 1. The van der Waals surface area contributed by atoms with Gasteiger partial charge in [-0.2, -0.15) is 0 Å². The van der Waals surface area contributed by atoms with Gasteiger partial charge in [0.05, 0.1) is 15.7 Å². The maximum absolute atomic E-state index is 10.8. The molecule has 0 aliphatic rings. The Kier molecular flexibility index (Phi) is 4.89. The first-order valence-electron chi connectivity index (χ1n) is 5.93. The second kappa shape index (κ2) is 6.65. The molecule has 1 aromatic carbocycles. The third-order valence-corrected chi connectivity index (χ3v) is 3.42. The molecule has 0 amide bonds. The Morgan fingerprint density at radius 2 is 2.25 bits per heavy atom. The van der Waals surface area contributed by atoms with Gasteiger partial charge in [0.2, 0.25) is 0 Å². The molecule has 6 nitrogen and oxygen atoms in total. The van der Waals surface area contributed by atoms with E-state index >= 15 is 0 Å². The Hall–Kier alpha value is -1.70. The van der Waals surface area contributed by atoms with Crippen LogP contribution in [0.2, 0.25) is 0 Å². The summed E-state index contributed by atoms with van der Waals surface area (Å²) in [6.07, 6.45) is 0.756. The molecule has 1 atom stereocenters. The Morgan fingerprint density at radius 3 is 2.90 bits per heavy atom. The van der Waals surface area contributed by atoms with Crippen molar-refractivity contribution < 1.29 is 14.4 Å². The summed E-state index contributed by atoms with van der Waals surface area (Å²) in [7, 11) is 0. The molecule has 20 heavy (non-hydrogen) atoms. The monoisotopic (exact) mass is 340 g/mol. The molecule has 2 aromatic rings. The molecule has 7 heteroatoms. The van der Waals surface area contributed by atoms with Gasteiger partial charge in [-0.3, -0.25) is 10.1 Å². The molecule has 1 unspecified atom stereocenters. The number of rotatable bonds is 6. The first kappa shape index (κ1) is 14.7. The number of nitrogens with one attached hydrogen (secondary N) is 1. The third kappa shape index (κ3) is 3.66. The zero-order chi connectivity index (χ0) is 14.5. The van der Waals surface area contributed by atoms with E-state index < -0.39 is 11.0 Å². The number of halogens is 1. The van der Waals surface area contributed by atoms with Crippen LogP contribution in [-0.2, 0) is 6.54 Å². The molecule has 1 aromatic heterocycles. The van der Waals surface area contributed by atoms with Crippen molar-refractivity contribution in [2.24, 2.45) is 0 Å². The number of furan rings is 1. The maximum Gasteiger partial charge on any atom is 0.283 e. The van der Waals surface area contributed by atoms with E-state index in [1.807, 2.05) is 0 Å². The van der Waals surface area contributed by atoms with Crippen molar-refractivity contribution in [3.8, 4) is 0 Å².